The van der Waals surface area contributed by atoms with E-state index in [1.54, 1.807) is 24.2 Å². The van der Waals surface area contributed by atoms with Crippen molar-refractivity contribution >= 4 is 40.0 Å². The topological polar surface area (TPSA) is 107 Å². The molecule has 33 heavy (non-hydrogen) atoms. The van der Waals surface area contributed by atoms with Gasteiger partial charge in [-0.25, -0.2) is 19.7 Å². The van der Waals surface area contributed by atoms with Gasteiger partial charge < -0.3 is 15.5 Å². The first kappa shape index (κ1) is 21.1. The summed E-state index contributed by atoms with van der Waals surface area (Å²) in [7, 11) is 1.60. The maximum Gasteiger partial charge on any atom is 0.327 e. The van der Waals surface area contributed by atoms with Gasteiger partial charge in [-0.3, -0.25) is 14.6 Å². The predicted octanol–water partition coefficient (Wildman–Crippen LogP) is 2.08. The maximum absolute atomic E-state index is 12.5. The molecule has 3 amide bonds. The highest BCUT2D eigenvalue weighted by Gasteiger charge is 2.27. The number of rotatable bonds is 5. The first-order valence-electron chi connectivity index (χ1n) is 11.1. The van der Waals surface area contributed by atoms with E-state index in [2.05, 4.69) is 41.5 Å². The minimum atomic E-state index is -0.184. The zero-order valence-electron chi connectivity index (χ0n) is 18.7. The Morgan fingerprint density at radius 2 is 1.94 bits per heavy atom. The van der Waals surface area contributed by atoms with Gasteiger partial charge in [-0.1, -0.05) is 0 Å². The highest BCUT2D eigenvalue weighted by atomic mass is 16.2. The highest BCUT2D eigenvalue weighted by molar-refractivity contribution is 6.17. The number of aromatic nitrogens is 3. The van der Waals surface area contributed by atoms with Crippen molar-refractivity contribution < 1.29 is 9.59 Å². The summed E-state index contributed by atoms with van der Waals surface area (Å²) < 4.78 is 0. The van der Waals surface area contributed by atoms with Crippen molar-refractivity contribution in [1.82, 2.24) is 25.2 Å². The second kappa shape index (κ2) is 8.62. The number of hydrogen-bond acceptors (Lipinski definition) is 7. The quantitative estimate of drug-likeness (QED) is 0.618. The van der Waals surface area contributed by atoms with Crippen LogP contribution < -0.4 is 20.4 Å². The molecule has 5 rings (SSSR count). The van der Waals surface area contributed by atoms with Crippen LogP contribution in [0.25, 0.3) is 10.9 Å². The summed E-state index contributed by atoms with van der Waals surface area (Å²) in [6, 6.07) is 7.66. The third kappa shape index (κ3) is 3.93. The molecular formula is C23H26N8O2. The van der Waals surface area contributed by atoms with E-state index in [9.17, 15) is 9.59 Å². The summed E-state index contributed by atoms with van der Waals surface area (Å²) >= 11 is 0. The van der Waals surface area contributed by atoms with Gasteiger partial charge in [0.1, 0.15) is 17.8 Å². The van der Waals surface area contributed by atoms with Crippen molar-refractivity contribution in [2.24, 2.45) is 0 Å². The number of hydrogen-bond donors (Lipinski definition) is 2. The number of nitrogens with one attached hydrogen (secondary N) is 2. The average molecular weight is 447 g/mol. The van der Waals surface area contributed by atoms with E-state index in [0.717, 1.165) is 60.6 Å². The first-order valence-corrected chi connectivity index (χ1v) is 11.1. The maximum atomic E-state index is 12.5. The van der Waals surface area contributed by atoms with Gasteiger partial charge in [0.15, 0.2) is 0 Å². The number of urea groups is 1. The van der Waals surface area contributed by atoms with Crippen molar-refractivity contribution in [3.8, 4) is 0 Å². The minimum absolute atomic E-state index is 0.160. The van der Waals surface area contributed by atoms with E-state index in [4.69, 9.17) is 0 Å². The molecule has 2 aliphatic heterocycles. The smallest absolute Gasteiger partial charge is 0.327 e. The van der Waals surface area contributed by atoms with Gasteiger partial charge in [0, 0.05) is 46.3 Å². The molecule has 4 heterocycles. The summed E-state index contributed by atoms with van der Waals surface area (Å²) in [6.07, 6.45) is 3.28. The summed E-state index contributed by atoms with van der Waals surface area (Å²) in [5, 5.41) is 6.47. The van der Waals surface area contributed by atoms with Crippen LogP contribution in [0.1, 0.15) is 23.0 Å². The first-order chi connectivity index (χ1) is 16.1. The van der Waals surface area contributed by atoms with E-state index in [1.165, 1.54) is 6.33 Å². The van der Waals surface area contributed by atoms with Gasteiger partial charge in [-0.2, -0.15) is 0 Å². The molecule has 0 spiro atoms. The number of pyridine rings is 1. The molecule has 10 nitrogen and oxygen atoms in total. The van der Waals surface area contributed by atoms with Crippen LogP contribution in [0.4, 0.5) is 22.0 Å². The molecular weight excluding hydrogens is 420 g/mol. The molecule has 170 valence electrons. The van der Waals surface area contributed by atoms with Crippen LogP contribution in [0.2, 0.25) is 0 Å². The Morgan fingerprint density at radius 1 is 1.12 bits per heavy atom. The van der Waals surface area contributed by atoms with E-state index < -0.39 is 0 Å². The largest absolute Gasteiger partial charge is 0.368 e. The molecule has 10 heteroatoms. The van der Waals surface area contributed by atoms with Gasteiger partial charge in [0.05, 0.1) is 28.5 Å². The Kier molecular flexibility index (Phi) is 5.51. The van der Waals surface area contributed by atoms with E-state index in [1.807, 2.05) is 19.1 Å². The normalized spacial score (nSPS) is 16.1. The lowest BCUT2D eigenvalue weighted by molar-refractivity contribution is 0.0958. The molecule has 1 saturated heterocycles. The molecule has 0 atom stereocenters. The number of carbonyl (C=O) groups is 2. The Hall–Kier alpha value is -3.79. The SMILES string of the molecule is CCN1C(=O)Nc2cc(CN3CCN(c4ccc(C(=O)NC)nc4)CC3)cc3ncnc1c23. The molecule has 0 unspecified atom stereocenters. The zero-order chi connectivity index (χ0) is 22.9. The van der Waals surface area contributed by atoms with E-state index >= 15 is 0 Å². The fraction of sp³-hybridized carbons (Fsp3) is 0.348. The van der Waals surface area contributed by atoms with Gasteiger partial charge in [0.2, 0.25) is 0 Å². The Balaban J connectivity index is 1.28. The number of piperazine rings is 1. The molecule has 2 aromatic heterocycles. The summed E-state index contributed by atoms with van der Waals surface area (Å²) in [6.45, 7) is 6.79. The third-order valence-electron chi connectivity index (χ3n) is 6.19. The monoisotopic (exact) mass is 446 g/mol. The van der Waals surface area contributed by atoms with Crippen molar-refractivity contribution in [1.29, 1.82) is 0 Å². The van der Waals surface area contributed by atoms with Crippen molar-refractivity contribution in [3.05, 3.63) is 48.0 Å². The summed E-state index contributed by atoms with van der Waals surface area (Å²) in [4.78, 5) is 43.6. The van der Waals surface area contributed by atoms with Crippen LogP contribution >= 0.6 is 0 Å². The van der Waals surface area contributed by atoms with Crippen molar-refractivity contribution in [3.63, 3.8) is 0 Å². The van der Waals surface area contributed by atoms with Gasteiger partial charge in [-0.05, 0) is 36.8 Å². The molecule has 0 radical (unpaired) electrons. The Labute approximate surface area is 191 Å². The van der Waals surface area contributed by atoms with Gasteiger partial charge >= 0.3 is 6.03 Å². The Bertz CT molecular complexity index is 1210. The number of benzene rings is 1. The molecule has 2 N–H and O–H groups in total. The standard InChI is InChI=1S/C23H26N8O2/c1-3-31-21-20-18(26-14-27-21)10-15(11-19(20)28-23(31)33)13-29-6-8-30(9-7-29)16-4-5-17(25-12-16)22(32)24-2/h4-5,10-12,14H,3,6-9,13H2,1-2H3,(H,24,32)(H,28,33). The van der Waals surface area contributed by atoms with Crippen LogP contribution in [-0.2, 0) is 6.54 Å². The molecule has 0 saturated carbocycles. The van der Waals surface area contributed by atoms with Crippen LogP contribution in [0.15, 0.2) is 36.8 Å². The van der Waals surface area contributed by atoms with Crippen LogP contribution in [-0.4, -0.2) is 71.6 Å². The second-order valence-electron chi connectivity index (χ2n) is 8.15. The lowest BCUT2D eigenvalue weighted by atomic mass is 10.1. The van der Waals surface area contributed by atoms with Gasteiger partial charge in [-0.15, -0.1) is 0 Å². The second-order valence-corrected chi connectivity index (χ2v) is 8.15. The van der Waals surface area contributed by atoms with Crippen molar-refractivity contribution in [2.75, 3.05) is 54.9 Å². The molecule has 0 aliphatic carbocycles. The number of nitrogens with zero attached hydrogens (tertiary/aromatic N) is 6. The van der Waals surface area contributed by atoms with Crippen molar-refractivity contribution in [2.45, 2.75) is 13.5 Å². The molecule has 1 aromatic carbocycles. The lowest BCUT2D eigenvalue weighted by Gasteiger charge is -2.36. The van der Waals surface area contributed by atoms with Crippen LogP contribution in [0, 0.1) is 0 Å². The zero-order valence-corrected chi connectivity index (χ0v) is 18.7. The number of amides is 3. The summed E-state index contributed by atoms with van der Waals surface area (Å²) in [5.74, 6) is 0.481. The lowest BCUT2D eigenvalue weighted by Crippen LogP contribution is -2.46. The fourth-order valence-corrected chi connectivity index (χ4v) is 4.46. The van der Waals surface area contributed by atoms with E-state index in [-0.39, 0.29) is 11.9 Å². The van der Waals surface area contributed by atoms with Crippen LogP contribution in [0.3, 0.4) is 0 Å². The average Bonchev–Trinajstić information content (AvgIpc) is 2.84. The minimum Gasteiger partial charge on any atom is -0.368 e. The molecule has 2 aliphatic rings. The third-order valence-corrected chi connectivity index (χ3v) is 6.19. The predicted molar refractivity (Wildman–Crippen MR) is 127 cm³/mol. The molecule has 0 bridgehead atoms. The number of carbonyl (C=O) groups excluding carboxylic acids is 2. The Morgan fingerprint density at radius 3 is 2.64 bits per heavy atom. The molecule has 1 fully saturated rings. The molecule has 3 aromatic rings. The summed E-state index contributed by atoms with van der Waals surface area (Å²) in [5.41, 5.74) is 4.16. The van der Waals surface area contributed by atoms with E-state index in [0.29, 0.717) is 18.1 Å². The van der Waals surface area contributed by atoms with Gasteiger partial charge in [0.25, 0.3) is 5.91 Å². The van der Waals surface area contributed by atoms with Crippen LogP contribution in [0.5, 0.6) is 0 Å². The fourth-order valence-electron chi connectivity index (χ4n) is 4.46. The number of anilines is 3. The highest BCUT2D eigenvalue weighted by Crippen LogP contribution is 2.35.